The lowest BCUT2D eigenvalue weighted by Gasteiger charge is -2.36. The molecule has 3 aliphatic rings. The van der Waals surface area contributed by atoms with Gasteiger partial charge in [-0.2, -0.15) is 0 Å². The lowest BCUT2D eigenvalue weighted by Crippen LogP contribution is -2.47. The standard InChI is InChI=1S/C17H22N4O2S/c1-11-15(12(2)23-19-11)9-21-14-4-3-13(17(21)22)7-20(8-14)10-16-18-5-6-24-16/h5-6,13-14H,3-4,7-10H2,1-2H3/t13-,14+/m0/s1. The first-order valence-electron chi connectivity index (χ1n) is 8.44. The van der Waals surface area contributed by atoms with Crippen LogP contribution in [-0.2, 0) is 17.9 Å². The number of hydrogen-bond donors (Lipinski definition) is 0. The van der Waals surface area contributed by atoms with E-state index < -0.39 is 0 Å². The number of carbonyl (C=O) groups is 1. The zero-order chi connectivity index (χ0) is 16.7. The number of thiazole rings is 1. The topological polar surface area (TPSA) is 62.5 Å². The van der Waals surface area contributed by atoms with Crippen LogP contribution in [0.5, 0.6) is 0 Å². The molecule has 0 saturated carbocycles. The van der Waals surface area contributed by atoms with Crippen LogP contribution in [0.15, 0.2) is 16.1 Å². The maximum Gasteiger partial charge on any atom is 0.227 e. The summed E-state index contributed by atoms with van der Waals surface area (Å²) < 4.78 is 5.27. The predicted molar refractivity (Wildman–Crippen MR) is 90.4 cm³/mol. The largest absolute Gasteiger partial charge is 0.361 e. The van der Waals surface area contributed by atoms with Crippen LogP contribution >= 0.6 is 11.3 Å². The maximum absolute atomic E-state index is 12.9. The first kappa shape index (κ1) is 15.8. The summed E-state index contributed by atoms with van der Waals surface area (Å²) in [6.45, 7) is 7.09. The van der Waals surface area contributed by atoms with Crippen LogP contribution in [0, 0.1) is 19.8 Å². The summed E-state index contributed by atoms with van der Waals surface area (Å²) in [6.07, 6.45) is 3.92. The van der Waals surface area contributed by atoms with Crippen molar-refractivity contribution in [3.05, 3.63) is 33.6 Å². The molecule has 3 saturated heterocycles. The summed E-state index contributed by atoms with van der Waals surface area (Å²) in [5, 5.41) is 7.16. The fourth-order valence-corrected chi connectivity index (χ4v) is 4.54. The van der Waals surface area contributed by atoms with E-state index in [1.807, 2.05) is 25.4 Å². The Labute approximate surface area is 145 Å². The molecule has 2 bridgehead atoms. The van der Waals surface area contributed by atoms with Crippen LogP contribution in [0.3, 0.4) is 0 Å². The summed E-state index contributed by atoms with van der Waals surface area (Å²) in [5.41, 5.74) is 1.95. The highest BCUT2D eigenvalue weighted by molar-refractivity contribution is 7.09. The van der Waals surface area contributed by atoms with Gasteiger partial charge in [0.25, 0.3) is 0 Å². The minimum absolute atomic E-state index is 0.101. The van der Waals surface area contributed by atoms with Crippen molar-refractivity contribution >= 4 is 17.2 Å². The van der Waals surface area contributed by atoms with Crippen LogP contribution in [-0.4, -0.2) is 45.0 Å². The Bertz CT molecular complexity index is 708. The van der Waals surface area contributed by atoms with Crippen molar-refractivity contribution in [3.8, 4) is 0 Å². The van der Waals surface area contributed by atoms with E-state index in [0.717, 1.165) is 54.5 Å². The molecule has 7 heteroatoms. The van der Waals surface area contributed by atoms with Crippen molar-refractivity contribution in [2.24, 2.45) is 5.92 Å². The lowest BCUT2D eigenvalue weighted by molar-refractivity contribution is -0.140. The average molecular weight is 346 g/mol. The molecule has 1 amide bonds. The van der Waals surface area contributed by atoms with Gasteiger partial charge in [-0.05, 0) is 26.7 Å². The van der Waals surface area contributed by atoms with Gasteiger partial charge in [0, 0.05) is 36.3 Å². The number of aromatic nitrogens is 2. The van der Waals surface area contributed by atoms with Gasteiger partial charge >= 0.3 is 0 Å². The van der Waals surface area contributed by atoms with E-state index in [9.17, 15) is 4.79 Å². The van der Waals surface area contributed by atoms with E-state index in [2.05, 4.69) is 19.9 Å². The molecular formula is C17H22N4O2S. The summed E-state index contributed by atoms with van der Waals surface area (Å²) in [4.78, 5) is 21.8. The van der Waals surface area contributed by atoms with E-state index in [4.69, 9.17) is 4.52 Å². The van der Waals surface area contributed by atoms with Gasteiger partial charge in [0.05, 0.1) is 24.7 Å². The predicted octanol–water partition coefficient (Wildman–Crippen LogP) is 2.37. The van der Waals surface area contributed by atoms with Crippen LogP contribution in [0.25, 0.3) is 0 Å². The third-order valence-electron chi connectivity index (χ3n) is 5.22. The Morgan fingerprint density at radius 2 is 2.17 bits per heavy atom. The van der Waals surface area contributed by atoms with Crippen LogP contribution in [0.2, 0.25) is 0 Å². The number of amides is 1. The summed E-state index contributed by atoms with van der Waals surface area (Å²) in [7, 11) is 0. The van der Waals surface area contributed by atoms with Gasteiger partial charge in [-0.3, -0.25) is 9.69 Å². The number of fused-ring (bicyclic) bond motifs is 4. The van der Waals surface area contributed by atoms with Gasteiger partial charge in [-0.25, -0.2) is 4.98 Å². The first-order chi connectivity index (χ1) is 11.6. The fraction of sp³-hybridized carbons (Fsp3) is 0.588. The van der Waals surface area contributed by atoms with Gasteiger partial charge in [-0.15, -0.1) is 11.3 Å². The molecule has 0 radical (unpaired) electrons. The highest BCUT2D eigenvalue weighted by Gasteiger charge is 2.41. The molecule has 2 aromatic heterocycles. The smallest absolute Gasteiger partial charge is 0.227 e. The Morgan fingerprint density at radius 1 is 1.29 bits per heavy atom. The minimum Gasteiger partial charge on any atom is -0.361 e. The van der Waals surface area contributed by atoms with Crippen molar-refractivity contribution in [2.45, 2.75) is 45.8 Å². The normalized spacial score (nSPS) is 24.6. The van der Waals surface area contributed by atoms with Crippen LogP contribution < -0.4 is 0 Å². The molecule has 0 aromatic carbocycles. The van der Waals surface area contributed by atoms with Gasteiger partial charge in [0.1, 0.15) is 10.8 Å². The molecule has 24 heavy (non-hydrogen) atoms. The number of carbonyl (C=O) groups excluding carboxylic acids is 1. The van der Waals surface area contributed by atoms with E-state index in [1.165, 1.54) is 0 Å². The Morgan fingerprint density at radius 3 is 2.88 bits per heavy atom. The number of nitrogens with zero attached hydrogens (tertiary/aromatic N) is 4. The second-order valence-corrected chi connectivity index (χ2v) is 7.80. The van der Waals surface area contributed by atoms with E-state index in [1.54, 1.807) is 11.3 Å². The molecule has 5 rings (SSSR count). The monoisotopic (exact) mass is 346 g/mol. The van der Waals surface area contributed by atoms with Crippen LogP contribution in [0.4, 0.5) is 0 Å². The molecule has 2 aromatic rings. The van der Waals surface area contributed by atoms with E-state index in [-0.39, 0.29) is 17.9 Å². The van der Waals surface area contributed by atoms with E-state index >= 15 is 0 Å². The SMILES string of the molecule is Cc1noc(C)c1CN1C(=O)[C@H]2CC[C@@H]1CN(Cc1nccs1)C2. The summed E-state index contributed by atoms with van der Waals surface area (Å²) in [5.74, 6) is 1.21. The van der Waals surface area contributed by atoms with Crippen molar-refractivity contribution < 1.29 is 9.32 Å². The molecule has 0 aliphatic carbocycles. The summed E-state index contributed by atoms with van der Waals surface area (Å²) >= 11 is 1.68. The van der Waals surface area contributed by atoms with E-state index in [0.29, 0.717) is 6.54 Å². The minimum atomic E-state index is 0.101. The van der Waals surface area contributed by atoms with Gasteiger partial charge < -0.3 is 9.42 Å². The Kier molecular flexibility index (Phi) is 4.14. The quantitative estimate of drug-likeness (QED) is 0.850. The fourth-order valence-electron chi connectivity index (χ4n) is 3.89. The van der Waals surface area contributed by atoms with Crippen LogP contribution in [0.1, 0.15) is 34.9 Å². The molecule has 6 nitrogen and oxygen atoms in total. The lowest BCUT2D eigenvalue weighted by atomic mass is 9.93. The van der Waals surface area contributed by atoms with Crippen molar-refractivity contribution in [1.82, 2.24) is 19.9 Å². The zero-order valence-corrected chi connectivity index (χ0v) is 14.9. The first-order valence-corrected chi connectivity index (χ1v) is 9.32. The van der Waals surface area contributed by atoms with Crippen molar-refractivity contribution in [2.75, 3.05) is 13.1 Å². The van der Waals surface area contributed by atoms with Crippen molar-refractivity contribution in [1.29, 1.82) is 0 Å². The second-order valence-electron chi connectivity index (χ2n) is 6.82. The summed E-state index contributed by atoms with van der Waals surface area (Å²) in [6, 6.07) is 0.268. The van der Waals surface area contributed by atoms with Gasteiger partial charge in [0.15, 0.2) is 0 Å². The third kappa shape index (κ3) is 2.86. The zero-order valence-electron chi connectivity index (χ0n) is 14.1. The van der Waals surface area contributed by atoms with Gasteiger partial charge in [-0.1, -0.05) is 5.16 Å². The second kappa shape index (κ2) is 6.29. The molecule has 128 valence electrons. The Balaban J connectivity index is 1.53. The number of piperidine rings is 1. The number of aryl methyl sites for hydroxylation is 2. The average Bonchev–Trinajstić information content (AvgIpc) is 3.08. The molecule has 5 heterocycles. The molecular weight excluding hydrogens is 324 g/mol. The Hall–Kier alpha value is -1.73. The maximum atomic E-state index is 12.9. The van der Waals surface area contributed by atoms with Gasteiger partial charge in [0.2, 0.25) is 5.91 Å². The molecule has 0 N–H and O–H groups in total. The highest BCUT2D eigenvalue weighted by atomic mass is 32.1. The molecule has 0 unspecified atom stereocenters. The van der Waals surface area contributed by atoms with Crippen molar-refractivity contribution in [3.63, 3.8) is 0 Å². The molecule has 3 fully saturated rings. The number of rotatable bonds is 4. The molecule has 3 aliphatic heterocycles. The third-order valence-corrected chi connectivity index (χ3v) is 5.99. The molecule has 2 atom stereocenters. The molecule has 0 spiro atoms. The highest BCUT2D eigenvalue weighted by Crippen LogP contribution is 2.32. The number of hydrogen-bond acceptors (Lipinski definition) is 6.